The molecule has 9 heavy (non-hydrogen) atoms. The third kappa shape index (κ3) is 1.29. The highest BCUT2D eigenvalue weighted by Gasteiger charge is 2.15. The fraction of sp³-hybridized carbons (Fsp3) is 0.500. The molecule has 0 radical (unpaired) electrons. The minimum Gasteiger partial charge on any atom is -0.459 e. The van der Waals surface area contributed by atoms with Gasteiger partial charge in [0, 0.05) is 6.08 Å². The highest BCUT2D eigenvalue weighted by Crippen LogP contribution is 2.07. The summed E-state index contributed by atoms with van der Waals surface area (Å²) in [6.45, 7) is 1.80. The first kappa shape index (κ1) is 6.29. The third-order valence-corrected chi connectivity index (χ3v) is 1.25. The first-order valence-corrected chi connectivity index (χ1v) is 2.73. The third-order valence-electron chi connectivity index (χ3n) is 1.25. The first-order chi connectivity index (χ1) is 4.20. The second kappa shape index (κ2) is 2.19. The highest BCUT2D eigenvalue weighted by atomic mass is 16.5. The monoisotopic (exact) mass is 128 g/mol. The standard InChI is InChI=1S/C6H8O3/c1-4-2-6(8)9-3-5(4)7/h2,5,7H,3H2,1H3/t5-/m0/s1. The van der Waals surface area contributed by atoms with Crippen LogP contribution in [-0.2, 0) is 9.53 Å². The molecule has 1 aliphatic heterocycles. The molecule has 3 nitrogen and oxygen atoms in total. The van der Waals surface area contributed by atoms with Gasteiger partial charge >= 0.3 is 5.97 Å². The molecule has 0 fully saturated rings. The quantitative estimate of drug-likeness (QED) is 0.461. The molecule has 1 heterocycles. The Morgan fingerprint density at radius 3 is 3.00 bits per heavy atom. The second-order valence-electron chi connectivity index (χ2n) is 2.03. The molecule has 0 bridgehead atoms. The maximum absolute atomic E-state index is 10.4. The van der Waals surface area contributed by atoms with Gasteiger partial charge in [0.05, 0.1) is 0 Å². The summed E-state index contributed by atoms with van der Waals surface area (Å²) in [7, 11) is 0. The van der Waals surface area contributed by atoms with Crippen LogP contribution < -0.4 is 0 Å². The van der Waals surface area contributed by atoms with Crippen LogP contribution in [0.15, 0.2) is 11.6 Å². The van der Waals surface area contributed by atoms with Gasteiger partial charge in [-0.15, -0.1) is 0 Å². The van der Waals surface area contributed by atoms with Crippen molar-refractivity contribution in [2.24, 2.45) is 0 Å². The zero-order valence-corrected chi connectivity index (χ0v) is 5.13. The summed E-state index contributed by atoms with van der Waals surface area (Å²) < 4.78 is 4.50. The van der Waals surface area contributed by atoms with Crippen molar-refractivity contribution in [2.45, 2.75) is 13.0 Å². The summed E-state index contributed by atoms with van der Waals surface area (Å²) in [6, 6.07) is 0. The van der Waals surface area contributed by atoms with Crippen molar-refractivity contribution in [1.29, 1.82) is 0 Å². The van der Waals surface area contributed by atoms with E-state index >= 15 is 0 Å². The van der Waals surface area contributed by atoms with E-state index in [1.165, 1.54) is 6.08 Å². The molecule has 50 valence electrons. The molecule has 0 aromatic rings. The van der Waals surface area contributed by atoms with Gasteiger partial charge < -0.3 is 9.84 Å². The Morgan fingerprint density at radius 2 is 2.56 bits per heavy atom. The van der Waals surface area contributed by atoms with E-state index in [4.69, 9.17) is 5.11 Å². The van der Waals surface area contributed by atoms with E-state index in [0.717, 1.165) is 0 Å². The molecule has 0 aromatic carbocycles. The number of ether oxygens (including phenoxy) is 1. The number of hydrogen-bond donors (Lipinski definition) is 1. The zero-order valence-electron chi connectivity index (χ0n) is 5.13. The largest absolute Gasteiger partial charge is 0.459 e. The van der Waals surface area contributed by atoms with Crippen LogP contribution in [0.4, 0.5) is 0 Å². The number of aliphatic hydroxyl groups excluding tert-OH is 1. The maximum Gasteiger partial charge on any atom is 0.330 e. The highest BCUT2D eigenvalue weighted by molar-refractivity contribution is 5.83. The van der Waals surface area contributed by atoms with Gasteiger partial charge in [0.25, 0.3) is 0 Å². The lowest BCUT2D eigenvalue weighted by Gasteiger charge is -2.15. The number of carbonyl (C=O) groups excluding carboxylic acids is 1. The van der Waals surface area contributed by atoms with Gasteiger partial charge in [0.15, 0.2) is 0 Å². The molecular formula is C6H8O3. The molecular weight excluding hydrogens is 120 g/mol. The molecule has 0 aliphatic carbocycles. The molecule has 1 aliphatic rings. The molecule has 0 saturated heterocycles. The Kier molecular flexibility index (Phi) is 1.53. The van der Waals surface area contributed by atoms with Crippen molar-refractivity contribution < 1.29 is 14.6 Å². The fourth-order valence-electron chi connectivity index (χ4n) is 0.616. The zero-order chi connectivity index (χ0) is 6.85. The maximum atomic E-state index is 10.4. The average molecular weight is 128 g/mol. The van der Waals surface area contributed by atoms with Crippen LogP contribution in [0.1, 0.15) is 6.92 Å². The summed E-state index contributed by atoms with van der Waals surface area (Å²) >= 11 is 0. The van der Waals surface area contributed by atoms with Crippen LogP contribution in [0, 0.1) is 0 Å². The summed E-state index contributed by atoms with van der Waals surface area (Å²) in [4.78, 5) is 10.4. The Balaban J connectivity index is 2.72. The minimum absolute atomic E-state index is 0.0984. The van der Waals surface area contributed by atoms with Crippen LogP contribution in [0.3, 0.4) is 0 Å². The fourth-order valence-corrected chi connectivity index (χ4v) is 0.616. The molecule has 1 atom stereocenters. The Morgan fingerprint density at radius 1 is 1.89 bits per heavy atom. The van der Waals surface area contributed by atoms with E-state index in [-0.39, 0.29) is 12.6 Å². The molecule has 3 heteroatoms. The van der Waals surface area contributed by atoms with Crippen molar-refractivity contribution >= 4 is 5.97 Å². The average Bonchev–Trinajstić information content (AvgIpc) is 1.80. The number of carbonyl (C=O) groups is 1. The smallest absolute Gasteiger partial charge is 0.330 e. The SMILES string of the molecule is CC1=CC(=O)OC[C@@H]1O. The van der Waals surface area contributed by atoms with Crippen molar-refractivity contribution in [3.63, 3.8) is 0 Å². The van der Waals surface area contributed by atoms with Crippen LogP contribution in [0.25, 0.3) is 0 Å². The van der Waals surface area contributed by atoms with E-state index in [9.17, 15) is 4.79 Å². The Labute approximate surface area is 52.9 Å². The normalized spacial score (nSPS) is 27.1. The number of cyclic esters (lactones) is 1. The van der Waals surface area contributed by atoms with Gasteiger partial charge in [-0.05, 0) is 12.5 Å². The number of rotatable bonds is 0. The predicted molar refractivity (Wildman–Crippen MR) is 30.7 cm³/mol. The first-order valence-electron chi connectivity index (χ1n) is 2.73. The summed E-state index contributed by atoms with van der Waals surface area (Å²) in [5.41, 5.74) is 0.672. The lowest BCUT2D eigenvalue weighted by atomic mass is 10.1. The molecule has 0 unspecified atom stereocenters. The summed E-state index contributed by atoms with van der Waals surface area (Å²) in [5, 5.41) is 8.95. The van der Waals surface area contributed by atoms with E-state index < -0.39 is 6.10 Å². The molecule has 0 aromatic heterocycles. The molecule has 1 rings (SSSR count). The van der Waals surface area contributed by atoms with Crippen molar-refractivity contribution in [3.05, 3.63) is 11.6 Å². The molecule has 0 amide bonds. The van der Waals surface area contributed by atoms with E-state index in [1.807, 2.05) is 0 Å². The molecule has 0 spiro atoms. The van der Waals surface area contributed by atoms with Gasteiger partial charge in [0.1, 0.15) is 12.7 Å². The van der Waals surface area contributed by atoms with Crippen LogP contribution in [0.2, 0.25) is 0 Å². The van der Waals surface area contributed by atoms with Gasteiger partial charge in [-0.3, -0.25) is 0 Å². The van der Waals surface area contributed by atoms with Crippen LogP contribution >= 0.6 is 0 Å². The van der Waals surface area contributed by atoms with Crippen molar-refractivity contribution in [1.82, 2.24) is 0 Å². The minimum atomic E-state index is -0.595. The van der Waals surface area contributed by atoms with Gasteiger partial charge in [-0.2, -0.15) is 0 Å². The van der Waals surface area contributed by atoms with E-state index in [2.05, 4.69) is 4.74 Å². The van der Waals surface area contributed by atoms with E-state index in [0.29, 0.717) is 5.57 Å². The second-order valence-corrected chi connectivity index (χ2v) is 2.03. The van der Waals surface area contributed by atoms with Crippen molar-refractivity contribution in [2.75, 3.05) is 6.61 Å². The van der Waals surface area contributed by atoms with Gasteiger partial charge in [-0.25, -0.2) is 4.79 Å². The summed E-state index contributed by atoms with van der Waals surface area (Å²) in [5.74, 6) is -0.363. The molecule has 0 saturated carbocycles. The van der Waals surface area contributed by atoms with Gasteiger partial charge in [0.2, 0.25) is 0 Å². The van der Waals surface area contributed by atoms with Crippen LogP contribution in [0.5, 0.6) is 0 Å². The van der Waals surface area contributed by atoms with Crippen molar-refractivity contribution in [3.8, 4) is 0 Å². The van der Waals surface area contributed by atoms with Gasteiger partial charge in [-0.1, -0.05) is 0 Å². The summed E-state index contributed by atoms with van der Waals surface area (Å²) in [6.07, 6.45) is 0.705. The lowest BCUT2D eigenvalue weighted by molar-refractivity contribution is -0.141. The topological polar surface area (TPSA) is 46.5 Å². The number of aliphatic hydroxyl groups is 1. The van der Waals surface area contributed by atoms with E-state index in [1.54, 1.807) is 6.92 Å². The lowest BCUT2D eigenvalue weighted by Crippen LogP contribution is -2.24. The molecule has 1 N–H and O–H groups in total. The van der Waals surface area contributed by atoms with Crippen LogP contribution in [-0.4, -0.2) is 23.8 Å². The Hall–Kier alpha value is -0.830. The Bertz CT molecular complexity index is 160. The predicted octanol–water partition coefficient (Wildman–Crippen LogP) is -0.150. The number of hydrogen-bond acceptors (Lipinski definition) is 3. The number of esters is 1.